The Bertz CT molecular complexity index is 1810. The predicted octanol–water partition coefficient (Wildman–Crippen LogP) is 12.4. The maximum atomic E-state index is 6.80. The highest BCUT2D eigenvalue weighted by atomic mass is 32.2. The average Bonchev–Trinajstić information content (AvgIpc) is 3.75. The molecule has 0 bridgehead atoms. The highest BCUT2D eigenvalue weighted by Crippen LogP contribution is 2.65. The summed E-state index contributed by atoms with van der Waals surface area (Å²) in [6.45, 7) is 11.5. The second-order valence-electron chi connectivity index (χ2n) is 12.9. The molecule has 0 saturated heterocycles. The van der Waals surface area contributed by atoms with Gasteiger partial charge >= 0.3 is 0 Å². The Hall–Kier alpha value is 0.1000. The molecule has 8 rings (SSSR count). The van der Waals surface area contributed by atoms with Crippen molar-refractivity contribution in [2.45, 2.75) is 55.7 Å². The van der Waals surface area contributed by atoms with Crippen LogP contribution in [0.4, 0.5) is 0 Å². The first-order valence-corrected chi connectivity index (χ1v) is 24.6. The van der Waals surface area contributed by atoms with E-state index in [2.05, 4.69) is 40.2 Å². The van der Waals surface area contributed by atoms with Gasteiger partial charge in [0.1, 0.15) is 4.21 Å². The van der Waals surface area contributed by atoms with Crippen molar-refractivity contribution < 1.29 is 18.9 Å². The summed E-state index contributed by atoms with van der Waals surface area (Å²) in [5.74, 6) is 8.21. The predicted molar refractivity (Wildman–Crippen MR) is 210 cm³/mol. The maximum Gasteiger partial charge on any atom is 0.186 e. The van der Waals surface area contributed by atoms with Crippen molar-refractivity contribution in [3.8, 4) is 52.3 Å². The minimum absolute atomic E-state index is 0.0434. The third kappa shape index (κ3) is 5.87. The largest absolute Gasteiger partial charge is 0.487 e. The van der Waals surface area contributed by atoms with Gasteiger partial charge in [-0.1, -0.05) is 27.7 Å². The SMILES string of the molecule is CSc1sc(-c2sc(-c3sc(-c4sc(SC)c5c4SCCS5)c4c3OCC(C)(C)CO4)c3c2SCCS3)c2c1OCC(C)(C)CO2. The lowest BCUT2D eigenvalue weighted by Crippen LogP contribution is -2.26. The number of thiophene rings is 4. The van der Waals surface area contributed by atoms with Crippen LogP contribution in [-0.2, 0) is 0 Å². The van der Waals surface area contributed by atoms with E-state index in [1.54, 1.807) is 11.8 Å². The molecule has 0 saturated carbocycles. The lowest BCUT2D eigenvalue weighted by atomic mass is 9.97. The minimum atomic E-state index is -0.0757. The first-order chi connectivity index (χ1) is 22.2. The van der Waals surface area contributed by atoms with Crippen molar-refractivity contribution in [2.75, 3.05) is 62.0 Å². The molecule has 4 aromatic rings. The van der Waals surface area contributed by atoms with Gasteiger partial charge in [-0.2, -0.15) is 0 Å². The zero-order valence-corrected chi connectivity index (χ0v) is 34.5. The average molecular weight is 803 g/mol. The molecule has 0 unspecified atom stereocenters. The van der Waals surface area contributed by atoms with Gasteiger partial charge in [-0.25, -0.2) is 0 Å². The summed E-state index contributed by atoms with van der Waals surface area (Å²) in [5.41, 5.74) is -0.119. The molecule has 0 radical (unpaired) electrons. The van der Waals surface area contributed by atoms with Crippen LogP contribution >= 0.6 is 116 Å². The monoisotopic (exact) mass is 802 g/mol. The molecule has 46 heavy (non-hydrogen) atoms. The van der Waals surface area contributed by atoms with Crippen LogP contribution in [0.15, 0.2) is 28.0 Å². The second kappa shape index (κ2) is 13.0. The van der Waals surface area contributed by atoms with E-state index in [9.17, 15) is 0 Å². The molecule has 14 heteroatoms. The molecule has 246 valence electrons. The zero-order valence-electron chi connectivity index (χ0n) is 26.4. The van der Waals surface area contributed by atoms with Crippen molar-refractivity contribution in [1.29, 1.82) is 0 Å². The van der Waals surface area contributed by atoms with Crippen molar-refractivity contribution in [2.24, 2.45) is 10.8 Å². The van der Waals surface area contributed by atoms with E-state index >= 15 is 0 Å². The van der Waals surface area contributed by atoms with Crippen LogP contribution in [-0.4, -0.2) is 62.0 Å². The smallest absolute Gasteiger partial charge is 0.186 e. The Morgan fingerprint density at radius 3 is 1.28 bits per heavy atom. The van der Waals surface area contributed by atoms with E-state index in [1.807, 2.05) is 104 Å². The molecule has 0 aliphatic carbocycles. The third-order valence-electron chi connectivity index (χ3n) is 7.80. The summed E-state index contributed by atoms with van der Waals surface area (Å²) in [6.07, 6.45) is 4.34. The Kier molecular flexibility index (Phi) is 9.41. The number of thioether (sulfide) groups is 6. The summed E-state index contributed by atoms with van der Waals surface area (Å²) in [5, 5.41) is 0. The molecule has 4 aliphatic rings. The van der Waals surface area contributed by atoms with E-state index < -0.39 is 0 Å². The molecule has 0 fully saturated rings. The van der Waals surface area contributed by atoms with Crippen molar-refractivity contribution in [3.05, 3.63) is 0 Å². The first kappa shape index (κ1) is 33.3. The topological polar surface area (TPSA) is 36.9 Å². The highest BCUT2D eigenvalue weighted by Gasteiger charge is 2.38. The number of ether oxygens (including phenoxy) is 4. The van der Waals surface area contributed by atoms with Gasteiger partial charge in [-0.3, -0.25) is 0 Å². The molecular formula is C32H34O4S10. The molecule has 0 spiro atoms. The van der Waals surface area contributed by atoms with E-state index in [1.165, 1.54) is 63.0 Å². The molecule has 4 nitrogen and oxygen atoms in total. The van der Waals surface area contributed by atoms with E-state index in [0.717, 1.165) is 40.3 Å². The standard InChI is InChI=1S/C32H34O4S10/c1-31(2)11-33-15-16(34-12-31)20(27-24-28(30(38-6)46-27)42-10-9-41-24)43-19(15)25-22-23(40-8-7-39-22)26(44-25)21-17-18(29(37-5)45-21)36-14-32(3,4)13-35-17/h7-14H2,1-6H3. The van der Waals surface area contributed by atoms with Gasteiger partial charge in [0, 0.05) is 53.4 Å². The lowest BCUT2D eigenvalue weighted by Gasteiger charge is -2.20. The summed E-state index contributed by atoms with van der Waals surface area (Å²) in [4.78, 5) is 13.2. The van der Waals surface area contributed by atoms with Crippen molar-refractivity contribution in [3.63, 3.8) is 0 Å². The molecule has 4 aromatic heterocycles. The number of rotatable bonds is 5. The van der Waals surface area contributed by atoms with Gasteiger partial charge in [0.2, 0.25) is 0 Å². The number of hydrogen-bond donors (Lipinski definition) is 0. The van der Waals surface area contributed by atoms with Crippen LogP contribution in [0.3, 0.4) is 0 Å². The third-order valence-corrected chi connectivity index (χ3v) is 21.0. The minimum Gasteiger partial charge on any atom is -0.487 e. The van der Waals surface area contributed by atoms with Gasteiger partial charge in [-0.05, 0) is 12.5 Å². The number of fused-ring (bicyclic) bond motifs is 4. The van der Waals surface area contributed by atoms with Crippen LogP contribution in [0, 0.1) is 10.8 Å². The summed E-state index contributed by atoms with van der Waals surface area (Å²) >= 11 is 19.1. The maximum absolute atomic E-state index is 6.80. The van der Waals surface area contributed by atoms with Crippen LogP contribution < -0.4 is 18.9 Å². The normalized spacial score (nSPS) is 19.7. The van der Waals surface area contributed by atoms with E-state index in [4.69, 9.17) is 18.9 Å². The molecule has 8 heterocycles. The van der Waals surface area contributed by atoms with Gasteiger partial charge in [-0.15, -0.1) is 116 Å². The Labute approximate surface area is 312 Å². The van der Waals surface area contributed by atoms with Gasteiger partial charge in [0.15, 0.2) is 23.0 Å². The van der Waals surface area contributed by atoms with Crippen LogP contribution in [0.5, 0.6) is 23.0 Å². The summed E-state index contributed by atoms with van der Waals surface area (Å²) in [6, 6.07) is 0. The Morgan fingerprint density at radius 1 is 0.435 bits per heavy atom. The quantitative estimate of drug-likeness (QED) is 0.182. The van der Waals surface area contributed by atoms with Gasteiger partial charge in [0.25, 0.3) is 0 Å². The molecule has 0 amide bonds. The van der Waals surface area contributed by atoms with Crippen LogP contribution in [0.2, 0.25) is 0 Å². The molecule has 0 atom stereocenters. The fourth-order valence-corrected chi connectivity index (χ4v) is 18.5. The van der Waals surface area contributed by atoms with Crippen molar-refractivity contribution >= 4 is 116 Å². The van der Waals surface area contributed by atoms with E-state index in [0.29, 0.717) is 26.4 Å². The van der Waals surface area contributed by atoms with Crippen LogP contribution in [0.25, 0.3) is 29.3 Å². The zero-order chi connectivity index (χ0) is 31.8. The molecular weight excluding hydrogens is 769 g/mol. The summed E-state index contributed by atoms with van der Waals surface area (Å²) in [7, 11) is 0. The van der Waals surface area contributed by atoms with Gasteiger partial charge in [0.05, 0.1) is 59.9 Å². The molecule has 0 N–H and O–H groups in total. The molecule has 0 aromatic carbocycles. The fourth-order valence-electron chi connectivity index (χ4n) is 5.49. The van der Waals surface area contributed by atoms with Crippen molar-refractivity contribution in [1.82, 2.24) is 0 Å². The second-order valence-corrected chi connectivity index (χ2v) is 23.5. The summed E-state index contributed by atoms with van der Waals surface area (Å²) < 4.78 is 29.2. The highest BCUT2D eigenvalue weighted by molar-refractivity contribution is 8.07. The van der Waals surface area contributed by atoms with E-state index in [-0.39, 0.29) is 10.8 Å². The molecule has 4 aliphatic heterocycles. The Balaban J connectivity index is 1.32. The number of hydrogen-bond acceptors (Lipinski definition) is 14. The fraction of sp³-hybridized carbons (Fsp3) is 0.500. The van der Waals surface area contributed by atoms with Gasteiger partial charge < -0.3 is 18.9 Å². The first-order valence-electron chi connectivity index (χ1n) is 15.0. The lowest BCUT2D eigenvalue weighted by molar-refractivity contribution is 0.139. The van der Waals surface area contributed by atoms with Crippen LogP contribution in [0.1, 0.15) is 27.7 Å². The Morgan fingerprint density at radius 2 is 0.783 bits per heavy atom.